The van der Waals surface area contributed by atoms with E-state index in [1.165, 1.54) is 0 Å². The third-order valence-electron chi connectivity index (χ3n) is 5.76. The second-order valence-electron chi connectivity index (χ2n) is 7.18. The molecule has 0 spiro atoms. The van der Waals surface area contributed by atoms with E-state index in [1.807, 2.05) is 23.1 Å². The van der Waals surface area contributed by atoms with Crippen molar-refractivity contribution >= 4 is 11.9 Å². The van der Waals surface area contributed by atoms with Crippen molar-refractivity contribution in [1.82, 2.24) is 4.90 Å². The van der Waals surface area contributed by atoms with E-state index in [4.69, 9.17) is 14.6 Å². The average Bonchev–Trinajstić information content (AvgIpc) is 3.16. The Balaban J connectivity index is 1.74. The minimum absolute atomic E-state index is 0.0144. The van der Waals surface area contributed by atoms with Crippen LogP contribution in [0.2, 0.25) is 0 Å². The third kappa shape index (κ3) is 3.64. The molecule has 0 radical (unpaired) electrons. The molecule has 2 aliphatic rings. The highest BCUT2D eigenvalue weighted by Gasteiger charge is 2.37. The van der Waals surface area contributed by atoms with Gasteiger partial charge in [0.15, 0.2) is 0 Å². The molecule has 1 atom stereocenters. The highest BCUT2D eigenvalue weighted by atomic mass is 16.5. The Hall–Kier alpha value is -2.24. The molecule has 1 aliphatic carbocycles. The molecule has 2 fully saturated rings. The van der Waals surface area contributed by atoms with E-state index in [0.29, 0.717) is 25.7 Å². The Morgan fingerprint density at radius 1 is 1.04 bits per heavy atom. The van der Waals surface area contributed by atoms with Gasteiger partial charge >= 0.3 is 5.97 Å². The lowest BCUT2D eigenvalue weighted by Gasteiger charge is -2.32. The molecule has 1 aromatic rings. The maximum absolute atomic E-state index is 13.1. The van der Waals surface area contributed by atoms with Crippen molar-refractivity contribution in [2.75, 3.05) is 20.8 Å². The second kappa shape index (κ2) is 7.98. The van der Waals surface area contributed by atoms with Crippen molar-refractivity contribution in [2.24, 2.45) is 11.8 Å². The summed E-state index contributed by atoms with van der Waals surface area (Å²) in [6, 6.07) is 5.75. The van der Waals surface area contributed by atoms with Crippen LogP contribution in [0.25, 0.3) is 0 Å². The summed E-state index contributed by atoms with van der Waals surface area (Å²) in [4.78, 5) is 26.2. The normalized spacial score (nSPS) is 25.8. The number of hydrogen-bond donors (Lipinski definition) is 1. The van der Waals surface area contributed by atoms with Crippen molar-refractivity contribution in [1.29, 1.82) is 0 Å². The minimum Gasteiger partial charge on any atom is -0.497 e. The van der Waals surface area contributed by atoms with Gasteiger partial charge in [0, 0.05) is 24.1 Å². The Kier molecular flexibility index (Phi) is 5.69. The van der Waals surface area contributed by atoms with Gasteiger partial charge in [-0.05, 0) is 50.7 Å². The molecule has 0 bridgehead atoms. The number of ether oxygens (including phenoxy) is 2. The van der Waals surface area contributed by atoms with E-state index >= 15 is 0 Å². The molecule has 1 aliphatic heterocycles. The lowest BCUT2D eigenvalue weighted by molar-refractivity contribution is -0.146. The first-order valence-electron chi connectivity index (χ1n) is 9.30. The van der Waals surface area contributed by atoms with E-state index < -0.39 is 5.97 Å². The second-order valence-corrected chi connectivity index (χ2v) is 7.18. The zero-order valence-electron chi connectivity index (χ0n) is 15.4. The van der Waals surface area contributed by atoms with Crippen molar-refractivity contribution in [3.63, 3.8) is 0 Å². The molecule has 1 amide bonds. The number of nitrogens with zero attached hydrogens (tertiary/aromatic N) is 1. The van der Waals surface area contributed by atoms with Crippen molar-refractivity contribution in [2.45, 2.75) is 44.6 Å². The van der Waals surface area contributed by atoms with Crippen LogP contribution in [0.4, 0.5) is 0 Å². The van der Waals surface area contributed by atoms with Crippen molar-refractivity contribution in [3.8, 4) is 11.5 Å². The van der Waals surface area contributed by atoms with Crippen LogP contribution in [-0.2, 0) is 9.59 Å². The number of aliphatic carboxylic acids is 1. The summed E-state index contributed by atoms with van der Waals surface area (Å²) >= 11 is 0. The van der Waals surface area contributed by atoms with E-state index in [1.54, 1.807) is 14.2 Å². The van der Waals surface area contributed by atoms with Gasteiger partial charge in [0.05, 0.1) is 26.2 Å². The Bertz CT molecular complexity index is 666. The first-order valence-corrected chi connectivity index (χ1v) is 9.30. The van der Waals surface area contributed by atoms with Gasteiger partial charge in [0.1, 0.15) is 11.5 Å². The number of carboxylic acid groups (broad SMARTS) is 1. The fourth-order valence-corrected chi connectivity index (χ4v) is 4.27. The largest absolute Gasteiger partial charge is 0.497 e. The quantitative estimate of drug-likeness (QED) is 0.871. The number of carbonyl (C=O) groups is 2. The molecule has 0 aromatic heterocycles. The Labute approximate surface area is 154 Å². The van der Waals surface area contributed by atoms with E-state index in [2.05, 4.69) is 0 Å². The molecule has 1 N–H and O–H groups in total. The number of hydrogen-bond acceptors (Lipinski definition) is 4. The molecule has 1 saturated heterocycles. The van der Waals surface area contributed by atoms with Gasteiger partial charge in [-0.25, -0.2) is 0 Å². The number of carboxylic acids is 1. The van der Waals surface area contributed by atoms with Gasteiger partial charge in [0.2, 0.25) is 5.91 Å². The molecular formula is C20H27NO5. The van der Waals surface area contributed by atoms with Gasteiger partial charge in [-0.1, -0.05) is 0 Å². The van der Waals surface area contributed by atoms with Gasteiger partial charge in [-0.2, -0.15) is 0 Å². The standard InChI is InChI=1S/C20H27NO5/c1-25-15-9-10-16(18(12-15)26-2)17-4-3-11-21(17)19(22)13-5-7-14(8-6-13)20(23)24/h9-10,12-14,17H,3-8,11H2,1-2H3,(H,23,24). The van der Waals surface area contributed by atoms with Gasteiger partial charge in [-0.15, -0.1) is 0 Å². The molecule has 1 heterocycles. The lowest BCUT2D eigenvalue weighted by Crippen LogP contribution is -2.38. The Morgan fingerprint density at radius 3 is 2.35 bits per heavy atom. The molecular weight excluding hydrogens is 334 g/mol. The number of amides is 1. The fourth-order valence-electron chi connectivity index (χ4n) is 4.27. The topological polar surface area (TPSA) is 76.1 Å². The summed E-state index contributed by atoms with van der Waals surface area (Å²) in [5.74, 6) is 0.537. The summed E-state index contributed by atoms with van der Waals surface area (Å²) in [5.41, 5.74) is 1.01. The monoisotopic (exact) mass is 361 g/mol. The summed E-state index contributed by atoms with van der Waals surface area (Å²) in [6.45, 7) is 0.748. The summed E-state index contributed by atoms with van der Waals surface area (Å²) in [7, 11) is 3.25. The molecule has 6 nitrogen and oxygen atoms in total. The third-order valence-corrected chi connectivity index (χ3v) is 5.76. The number of likely N-dealkylation sites (tertiary alicyclic amines) is 1. The lowest BCUT2D eigenvalue weighted by atomic mass is 9.81. The first kappa shape index (κ1) is 18.5. The molecule has 3 rings (SSSR count). The summed E-state index contributed by atoms with van der Waals surface area (Å²) < 4.78 is 10.8. The predicted molar refractivity (Wildman–Crippen MR) is 96.3 cm³/mol. The zero-order valence-corrected chi connectivity index (χ0v) is 15.4. The number of carbonyl (C=O) groups excluding carboxylic acids is 1. The molecule has 6 heteroatoms. The molecule has 26 heavy (non-hydrogen) atoms. The van der Waals surface area contributed by atoms with Crippen LogP contribution in [0.3, 0.4) is 0 Å². The number of benzene rings is 1. The molecule has 1 saturated carbocycles. The van der Waals surface area contributed by atoms with Crippen LogP contribution < -0.4 is 9.47 Å². The highest BCUT2D eigenvalue weighted by Crippen LogP contribution is 2.41. The predicted octanol–water partition coefficient (Wildman–Crippen LogP) is 3.26. The van der Waals surface area contributed by atoms with Gasteiger partial charge < -0.3 is 19.5 Å². The van der Waals surface area contributed by atoms with E-state index in [0.717, 1.165) is 36.4 Å². The van der Waals surface area contributed by atoms with Crippen LogP contribution in [0.5, 0.6) is 11.5 Å². The number of methoxy groups -OCH3 is 2. The van der Waals surface area contributed by atoms with Crippen LogP contribution in [0.15, 0.2) is 18.2 Å². The van der Waals surface area contributed by atoms with Crippen LogP contribution in [0.1, 0.15) is 50.1 Å². The molecule has 1 unspecified atom stereocenters. The minimum atomic E-state index is -0.738. The SMILES string of the molecule is COc1ccc(C2CCCN2C(=O)C2CCC(C(=O)O)CC2)c(OC)c1. The van der Waals surface area contributed by atoms with Crippen molar-refractivity contribution in [3.05, 3.63) is 23.8 Å². The van der Waals surface area contributed by atoms with Gasteiger partial charge in [0.25, 0.3) is 0 Å². The summed E-state index contributed by atoms with van der Waals surface area (Å²) in [6.07, 6.45) is 4.40. The average molecular weight is 361 g/mol. The zero-order chi connectivity index (χ0) is 18.7. The molecule has 1 aromatic carbocycles. The van der Waals surface area contributed by atoms with Gasteiger partial charge in [-0.3, -0.25) is 9.59 Å². The fraction of sp³-hybridized carbons (Fsp3) is 0.600. The Morgan fingerprint density at radius 2 is 1.73 bits per heavy atom. The summed E-state index contributed by atoms with van der Waals surface area (Å²) in [5, 5.41) is 9.15. The first-order chi connectivity index (χ1) is 12.5. The maximum Gasteiger partial charge on any atom is 0.306 e. The maximum atomic E-state index is 13.1. The highest BCUT2D eigenvalue weighted by molar-refractivity contribution is 5.80. The van der Waals surface area contributed by atoms with Crippen LogP contribution in [0, 0.1) is 11.8 Å². The van der Waals surface area contributed by atoms with E-state index in [9.17, 15) is 9.59 Å². The number of rotatable bonds is 5. The van der Waals surface area contributed by atoms with Crippen LogP contribution in [-0.4, -0.2) is 42.6 Å². The van der Waals surface area contributed by atoms with Crippen LogP contribution >= 0.6 is 0 Å². The van der Waals surface area contributed by atoms with E-state index in [-0.39, 0.29) is 23.8 Å². The smallest absolute Gasteiger partial charge is 0.306 e. The van der Waals surface area contributed by atoms with Crippen molar-refractivity contribution < 1.29 is 24.2 Å². The molecule has 142 valence electrons.